The molecule has 2 aliphatic rings. The number of hydrogen-bond acceptors (Lipinski definition) is 7. The normalized spacial score (nSPS) is 16.2. The minimum atomic E-state index is -1.06. The lowest BCUT2D eigenvalue weighted by Crippen LogP contribution is -2.45. The largest absolute Gasteiger partial charge is 0.493 e. The number of ether oxygens (including phenoxy) is 3. The summed E-state index contributed by atoms with van der Waals surface area (Å²) in [5.41, 5.74) is 5.91. The first kappa shape index (κ1) is 33.2. The Balaban J connectivity index is 1.14. The van der Waals surface area contributed by atoms with E-state index >= 15 is 0 Å². The van der Waals surface area contributed by atoms with Crippen LogP contribution in [0, 0.1) is 0 Å². The quantitative estimate of drug-likeness (QED) is 0.118. The van der Waals surface area contributed by atoms with Crippen molar-refractivity contribution in [2.75, 3.05) is 26.4 Å². The van der Waals surface area contributed by atoms with Gasteiger partial charge in [0.05, 0.1) is 19.1 Å². The minimum Gasteiger partial charge on any atom is -0.493 e. The highest BCUT2D eigenvalue weighted by molar-refractivity contribution is 6.00. The fourth-order valence-corrected chi connectivity index (χ4v) is 6.79. The standard InChI is InChI=1S/C40H37NO8/c1-2-23-48-36(43)21-24-47-27-19-17-26(18-20-27)38-37(40(45)46)32-14-7-8-15-33(32)39(44)41(38)22-9-16-35(42)49-25-34-30-12-5-3-10-28(30)29-11-4-6-13-31(29)34/h2-8,10-15,17-20,34,37-38H,1,9,16,21-25H2,(H,45,46)/t37-,38+/m1/s1. The fourth-order valence-electron chi connectivity index (χ4n) is 6.79. The molecule has 0 unspecified atom stereocenters. The van der Waals surface area contributed by atoms with Crippen LogP contribution in [0.5, 0.6) is 5.75 Å². The van der Waals surface area contributed by atoms with E-state index in [2.05, 4.69) is 30.8 Å². The summed E-state index contributed by atoms with van der Waals surface area (Å²) < 4.78 is 16.4. The van der Waals surface area contributed by atoms with Gasteiger partial charge in [-0.25, -0.2) is 0 Å². The molecule has 250 valence electrons. The molecule has 1 heterocycles. The van der Waals surface area contributed by atoms with Crippen LogP contribution in [0.15, 0.2) is 110 Å². The highest BCUT2D eigenvalue weighted by Gasteiger charge is 2.44. The van der Waals surface area contributed by atoms with Crippen molar-refractivity contribution >= 4 is 23.8 Å². The Morgan fingerprint density at radius 1 is 0.755 bits per heavy atom. The predicted octanol–water partition coefficient (Wildman–Crippen LogP) is 6.69. The smallest absolute Gasteiger partial charge is 0.313 e. The van der Waals surface area contributed by atoms with Crippen molar-refractivity contribution in [1.29, 1.82) is 0 Å². The molecule has 0 aromatic heterocycles. The first-order chi connectivity index (χ1) is 23.9. The van der Waals surface area contributed by atoms with E-state index in [1.807, 2.05) is 24.3 Å². The van der Waals surface area contributed by atoms with Crippen molar-refractivity contribution < 1.29 is 38.5 Å². The number of esters is 2. The number of nitrogens with zero attached hydrogens (tertiary/aromatic N) is 1. The van der Waals surface area contributed by atoms with E-state index in [9.17, 15) is 24.3 Å². The Morgan fingerprint density at radius 3 is 1.98 bits per heavy atom. The third-order valence-electron chi connectivity index (χ3n) is 9.02. The van der Waals surface area contributed by atoms with E-state index < -0.39 is 23.9 Å². The van der Waals surface area contributed by atoms with Crippen LogP contribution in [0.3, 0.4) is 0 Å². The molecule has 1 amide bonds. The molecular formula is C40H37NO8. The molecule has 1 N–H and O–H groups in total. The molecule has 0 fully saturated rings. The summed E-state index contributed by atoms with van der Waals surface area (Å²) in [5.74, 6) is -2.77. The molecule has 0 radical (unpaired) electrons. The molecule has 49 heavy (non-hydrogen) atoms. The number of amides is 1. The SMILES string of the molecule is C=CCOC(=O)CCOc1ccc([C@H]2[C@H](C(=O)O)c3ccccc3C(=O)N2CCCC(=O)OCC2c3ccccc3-c3ccccc32)cc1. The molecule has 9 nitrogen and oxygen atoms in total. The minimum absolute atomic E-state index is 0.0576. The maximum Gasteiger partial charge on any atom is 0.313 e. The third kappa shape index (κ3) is 7.11. The molecule has 6 rings (SSSR count). The van der Waals surface area contributed by atoms with Crippen LogP contribution >= 0.6 is 0 Å². The van der Waals surface area contributed by atoms with Crippen LogP contribution in [0.2, 0.25) is 0 Å². The number of benzene rings is 4. The van der Waals surface area contributed by atoms with Crippen molar-refractivity contribution in [3.63, 3.8) is 0 Å². The first-order valence-electron chi connectivity index (χ1n) is 16.3. The molecule has 0 spiro atoms. The van der Waals surface area contributed by atoms with Crippen LogP contribution in [-0.2, 0) is 23.9 Å². The zero-order valence-electron chi connectivity index (χ0n) is 27.0. The summed E-state index contributed by atoms with van der Waals surface area (Å²) in [5, 5.41) is 10.4. The first-order valence-corrected chi connectivity index (χ1v) is 16.3. The zero-order chi connectivity index (χ0) is 34.3. The van der Waals surface area contributed by atoms with Crippen LogP contribution in [0.4, 0.5) is 0 Å². The van der Waals surface area contributed by atoms with Gasteiger partial charge < -0.3 is 24.2 Å². The van der Waals surface area contributed by atoms with Gasteiger partial charge in [-0.2, -0.15) is 0 Å². The molecule has 1 aliphatic heterocycles. The van der Waals surface area contributed by atoms with Crippen LogP contribution in [0.25, 0.3) is 11.1 Å². The number of rotatable bonds is 14. The van der Waals surface area contributed by atoms with Crippen molar-refractivity contribution in [3.05, 3.63) is 138 Å². The summed E-state index contributed by atoms with van der Waals surface area (Å²) in [6, 6.07) is 29.0. The number of fused-ring (bicyclic) bond motifs is 4. The number of hydrogen-bond donors (Lipinski definition) is 1. The predicted molar refractivity (Wildman–Crippen MR) is 182 cm³/mol. The Kier molecular flexibility index (Phi) is 10.2. The Morgan fingerprint density at radius 2 is 1.35 bits per heavy atom. The molecule has 2 atom stereocenters. The maximum absolute atomic E-state index is 13.9. The molecule has 0 saturated heterocycles. The molecule has 9 heteroatoms. The average molecular weight is 660 g/mol. The second-order valence-corrected chi connectivity index (χ2v) is 12.0. The molecule has 0 bridgehead atoms. The number of carboxylic acids is 1. The second kappa shape index (κ2) is 15.0. The monoisotopic (exact) mass is 659 g/mol. The van der Waals surface area contributed by atoms with E-state index in [1.54, 1.807) is 53.4 Å². The lowest BCUT2D eigenvalue weighted by molar-refractivity contribution is -0.144. The van der Waals surface area contributed by atoms with Gasteiger partial charge in [0.25, 0.3) is 5.91 Å². The van der Waals surface area contributed by atoms with Crippen LogP contribution < -0.4 is 4.74 Å². The van der Waals surface area contributed by atoms with E-state index in [-0.39, 0.29) is 63.4 Å². The third-order valence-corrected chi connectivity index (χ3v) is 9.02. The van der Waals surface area contributed by atoms with E-state index in [4.69, 9.17) is 14.2 Å². The van der Waals surface area contributed by atoms with Crippen LogP contribution in [-0.4, -0.2) is 60.2 Å². The highest BCUT2D eigenvalue weighted by Crippen LogP contribution is 2.45. The molecular weight excluding hydrogens is 622 g/mol. The Labute approximate surface area is 284 Å². The van der Waals surface area contributed by atoms with Crippen molar-refractivity contribution in [2.24, 2.45) is 0 Å². The lowest BCUT2D eigenvalue weighted by Gasteiger charge is -2.41. The highest BCUT2D eigenvalue weighted by atomic mass is 16.5. The van der Waals surface area contributed by atoms with Gasteiger partial charge in [0, 0.05) is 24.4 Å². The summed E-state index contributed by atoms with van der Waals surface area (Å²) in [4.78, 5) is 53.0. The van der Waals surface area contributed by atoms with Crippen molar-refractivity contribution in [3.8, 4) is 16.9 Å². The summed E-state index contributed by atoms with van der Waals surface area (Å²) in [7, 11) is 0. The van der Waals surface area contributed by atoms with Gasteiger partial charge in [0.15, 0.2) is 0 Å². The number of carbonyl (C=O) groups is 4. The van der Waals surface area contributed by atoms with Crippen molar-refractivity contribution in [2.45, 2.75) is 37.1 Å². The zero-order valence-corrected chi connectivity index (χ0v) is 27.0. The van der Waals surface area contributed by atoms with E-state index in [1.165, 1.54) is 6.08 Å². The van der Waals surface area contributed by atoms with Gasteiger partial charge >= 0.3 is 17.9 Å². The van der Waals surface area contributed by atoms with Gasteiger partial charge in [-0.1, -0.05) is 91.5 Å². The van der Waals surface area contributed by atoms with E-state index in [0.29, 0.717) is 22.4 Å². The van der Waals surface area contributed by atoms with Crippen molar-refractivity contribution in [1.82, 2.24) is 4.90 Å². The number of aliphatic carboxylic acids is 1. The van der Waals surface area contributed by atoms with E-state index in [0.717, 1.165) is 22.3 Å². The van der Waals surface area contributed by atoms with Gasteiger partial charge in [-0.15, -0.1) is 0 Å². The number of carbonyl (C=O) groups excluding carboxylic acids is 3. The van der Waals surface area contributed by atoms with Gasteiger partial charge in [0.1, 0.15) is 24.9 Å². The summed E-state index contributed by atoms with van der Waals surface area (Å²) in [6.45, 7) is 4.10. The fraction of sp³-hybridized carbons (Fsp3) is 0.250. The Hall–Kier alpha value is -5.70. The molecule has 4 aromatic rings. The molecule has 4 aromatic carbocycles. The van der Waals surface area contributed by atoms with Gasteiger partial charge in [-0.05, 0) is 58.0 Å². The summed E-state index contributed by atoms with van der Waals surface area (Å²) >= 11 is 0. The Bertz CT molecular complexity index is 1820. The van der Waals surface area contributed by atoms with Gasteiger partial charge in [0.2, 0.25) is 0 Å². The topological polar surface area (TPSA) is 119 Å². The van der Waals surface area contributed by atoms with Crippen LogP contribution in [0.1, 0.15) is 69.8 Å². The number of carboxylic acid groups (broad SMARTS) is 1. The second-order valence-electron chi connectivity index (χ2n) is 12.0. The lowest BCUT2D eigenvalue weighted by atomic mass is 9.79. The average Bonchev–Trinajstić information content (AvgIpc) is 3.44. The maximum atomic E-state index is 13.9. The summed E-state index contributed by atoms with van der Waals surface area (Å²) in [6.07, 6.45) is 1.90. The molecule has 0 saturated carbocycles. The van der Waals surface area contributed by atoms with Gasteiger partial charge in [-0.3, -0.25) is 19.2 Å². The molecule has 1 aliphatic carbocycles.